The molecule has 0 radical (unpaired) electrons. The number of rotatable bonds is 3. The van der Waals surface area contributed by atoms with Crippen LogP contribution >= 0.6 is 23.2 Å². The van der Waals surface area contributed by atoms with Crippen LogP contribution in [0.3, 0.4) is 0 Å². The molecule has 0 N–H and O–H groups in total. The van der Waals surface area contributed by atoms with Crippen LogP contribution in [0.25, 0.3) is 22.0 Å². The molecule has 3 nitrogen and oxygen atoms in total. The largest absolute Gasteiger partial charge is 0.497 e. The number of fused-ring (bicyclic) bond motifs is 1. The molecule has 3 aromatic carbocycles. The topological polar surface area (TPSA) is 31.2 Å². The lowest BCUT2D eigenvalue weighted by Gasteiger charge is -2.08. The van der Waals surface area contributed by atoms with Crippen LogP contribution in [0.15, 0.2) is 66.7 Å². The monoisotopic (exact) mass is 409 g/mol. The smallest absolute Gasteiger partial charge is 0.262 e. The second-order valence-corrected chi connectivity index (χ2v) is 7.31. The number of carbonyl (C=O) groups is 1. The van der Waals surface area contributed by atoms with Crippen LogP contribution < -0.4 is 4.74 Å². The molecule has 0 fully saturated rings. The molecule has 0 unspecified atom stereocenters. The third-order valence-corrected chi connectivity index (χ3v) is 5.43. The Balaban J connectivity index is 2.02. The van der Waals surface area contributed by atoms with Crippen molar-refractivity contribution < 1.29 is 9.53 Å². The van der Waals surface area contributed by atoms with E-state index in [9.17, 15) is 4.79 Å². The normalized spacial score (nSPS) is 11.0. The summed E-state index contributed by atoms with van der Waals surface area (Å²) >= 11 is 12.5. The maximum Gasteiger partial charge on any atom is 0.262 e. The second kappa shape index (κ2) is 7.34. The van der Waals surface area contributed by atoms with E-state index in [0.717, 1.165) is 33.5 Å². The average molecular weight is 410 g/mol. The zero-order valence-electron chi connectivity index (χ0n) is 15.4. The van der Waals surface area contributed by atoms with Crippen LogP contribution in [-0.2, 0) is 0 Å². The van der Waals surface area contributed by atoms with E-state index in [-0.39, 0.29) is 5.91 Å². The van der Waals surface area contributed by atoms with E-state index in [1.54, 1.807) is 35.9 Å². The molecule has 0 aliphatic carbocycles. The van der Waals surface area contributed by atoms with Gasteiger partial charge in [-0.05, 0) is 55.5 Å². The zero-order valence-corrected chi connectivity index (χ0v) is 16.9. The van der Waals surface area contributed by atoms with Crippen LogP contribution in [-0.4, -0.2) is 17.6 Å². The highest BCUT2D eigenvalue weighted by atomic mass is 35.5. The van der Waals surface area contributed by atoms with Crippen molar-refractivity contribution in [3.05, 3.63) is 88.0 Å². The van der Waals surface area contributed by atoms with Crippen molar-refractivity contribution in [1.29, 1.82) is 0 Å². The van der Waals surface area contributed by atoms with Gasteiger partial charge in [0.15, 0.2) is 0 Å². The lowest BCUT2D eigenvalue weighted by atomic mass is 10.0. The molecule has 4 rings (SSSR count). The molecular formula is C23H17Cl2NO2. The fraction of sp³-hybridized carbons (Fsp3) is 0.0870. The van der Waals surface area contributed by atoms with Crippen molar-refractivity contribution in [3.8, 4) is 16.9 Å². The summed E-state index contributed by atoms with van der Waals surface area (Å²) in [6.45, 7) is 1.93. The van der Waals surface area contributed by atoms with E-state index >= 15 is 0 Å². The first-order chi connectivity index (χ1) is 13.5. The summed E-state index contributed by atoms with van der Waals surface area (Å²) in [6.07, 6.45) is 0. The summed E-state index contributed by atoms with van der Waals surface area (Å²) in [5.74, 6) is 0.597. The summed E-state index contributed by atoms with van der Waals surface area (Å²) in [6, 6.07) is 20.2. The Bertz CT molecular complexity index is 1190. The molecule has 0 amide bonds. The summed E-state index contributed by atoms with van der Waals surface area (Å²) < 4.78 is 7.13. The fourth-order valence-corrected chi connectivity index (χ4v) is 3.87. The molecule has 0 spiro atoms. The highest BCUT2D eigenvalue weighted by molar-refractivity contribution is 6.34. The fourth-order valence-electron chi connectivity index (χ4n) is 3.51. The third-order valence-electron chi connectivity index (χ3n) is 4.85. The molecule has 0 saturated carbocycles. The predicted octanol–water partition coefficient (Wildman–Crippen LogP) is 6.62. The molecule has 0 aliphatic heterocycles. The number of hydrogen-bond acceptors (Lipinski definition) is 2. The van der Waals surface area contributed by atoms with Crippen LogP contribution in [0.1, 0.15) is 16.1 Å². The van der Waals surface area contributed by atoms with E-state index in [2.05, 4.69) is 0 Å². The Kier molecular flexibility index (Phi) is 4.88. The number of hydrogen-bond donors (Lipinski definition) is 0. The van der Waals surface area contributed by atoms with Gasteiger partial charge in [0, 0.05) is 37.8 Å². The maximum atomic E-state index is 13.3. The van der Waals surface area contributed by atoms with Crippen molar-refractivity contribution in [2.45, 2.75) is 6.92 Å². The van der Waals surface area contributed by atoms with Crippen molar-refractivity contribution in [1.82, 2.24) is 4.57 Å². The van der Waals surface area contributed by atoms with Gasteiger partial charge in [0.25, 0.3) is 5.91 Å². The number of carbonyl (C=O) groups excluding carboxylic acids is 1. The quantitative estimate of drug-likeness (QED) is 0.380. The molecule has 1 aromatic heterocycles. The van der Waals surface area contributed by atoms with Gasteiger partial charge >= 0.3 is 0 Å². The molecule has 1 heterocycles. The van der Waals surface area contributed by atoms with Gasteiger partial charge < -0.3 is 4.74 Å². The zero-order chi connectivity index (χ0) is 19.8. The first kappa shape index (κ1) is 18.6. The van der Waals surface area contributed by atoms with Gasteiger partial charge in [0.05, 0.1) is 12.6 Å². The second-order valence-electron chi connectivity index (χ2n) is 6.47. The van der Waals surface area contributed by atoms with Gasteiger partial charge in [-0.3, -0.25) is 9.36 Å². The molecule has 0 bridgehead atoms. The molecule has 28 heavy (non-hydrogen) atoms. The SMILES string of the molecule is COc1ccc2c(c1)c(-c1ccccc1Cl)c(C)n2C(=O)c1ccc(Cl)cc1. The van der Waals surface area contributed by atoms with Gasteiger partial charge in [-0.1, -0.05) is 41.4 Å². The summed E-state index contributed by atoms with van der Waals surface area (Å²) in [5, 5.41) is 2.13. The highest BCUT2D eigenvalue weighted by Crippen LogP contribution is 2.39. The van der Waals surface area contributed by atoms with Gasteiger partial charge in [0.2, 0.25) is 0 Å². The molecule has 0 atom stereocenters. The van der Waals surface area contributed by atoms with Crippen molar-refractivity contribution in [2.75, 3.05) is 7.11 Å². The van der Waals surface area contributed by atoms with E-state index < -0.39 is 0 Å². The van der Waals surface area contributed by atoms with Crippen LogP contribution in [0.5, 0.6) is 5.75 Å². The van der Waals surface area contributed by atoms with Crippen molar-refractivity contribution >= 4 is 40.0 Å². The third kappa shape index (κ3) is 3.07. The van der Waals surface area contributed by atoms with Crippen molar-refractivity contribution in [2.24, 2.45) is 0 Å². The molecule has 4 aromatic rings. The van der Waals surface area contributed by atoms with Crippen LogP contribution in [0, 0.1) is 6.92 Å². The Morgan fingerprint density at radius 2 is 1.68 bits per heavy atom. The summed E-state index contributed by atoms with van der Waals surface area (Å²) in [7, 11) is 1.62. The molecule has 0 saturated heterocycles. The number of aromatic nitrogens is 1. The number of ether oxygens (including phenoxy) is 1. The minimum absolute atomic E-state index is 0.123. The Hall–Kier alpha value is -2.75. The van der Waals surface area contributed by atoms with E-state index in [1.807, 2.05) is 49.4 Å². The van der Waals surface area contributed by atoms with Gasteiger partial charge in [0.1, 0.15) is 5.75 Å². The summed E-state index contributed by atoms with van der Waals surface area (Å²) in [5.41, 5.74) is 3.97. The molecule has 140 valence electrons. The maximum absolute atomic E-state index is 13.3. The molecule has 0 aliphatic rings. The molecule has 5 heteroatoms. The Labute approximate surface area is 173 Å². The van der Waals surface area contributed by atoms with Crippen molar-refractivity contribution in [3.63, 3.8) is 0 Å². The Morgan fingerprint density at radius 1 is 0.964 bits per heavy atom. The lowest BCUT2D eigenvalue weighted by molar-refractivity contribution is 0.0963. The number of nitrogens with zero attached hydrogens (tertiary/aromatic N) is 1. The standard InChI is InChI=1S/C23H17Cl2NO2/c1-14-22(18-5-3-4-6-20(18)25)19-13-17(28-2)11-12-21(19)26(14)23(27)15-7-9-16(24)10-8-15/h3-13H,1-2H3. The minimum Gasteiger partial charge on any atom is -0.497 e. The minimum atomic E-state index is -0.123. The first-order valence-corrected chi connectivity index (χ1v) is 9.51. The number of benzene rings is 3. The average Bonchev–Trinajstić information content (AvgIpc) is 2.99. The van der Waals surface area contributed by atoms with Gasteiger partial charge in [-0.2, -0.15) is 0 Å². The van der Waals surface area contributed by atoms with E-state index in [0.29, 0.717) is 15.6 Å². The van der Waals surface area contributed by atoms with Gasteiger partial charge in [-0.25, -0.2) is 0 Å². The van der Waals surface area contributed by atoms with Crippen LogP contribution in [0.2, 0.25) is 10.0 Å². The van der Waals surface area contributed by atoms with Gasteiger partial charge in [-0.15, -0.1) is 0 Å². The molecular weight excluding hydrogens is 393 g/mol. The van der Waals surface area contributed by atoms with Crippen LogP contribution in [0.4, 0.5) is 0 Å². The first-order valence-electron chi connectivity index (χ1n) is 8.75. The number of methoxy groups -OCH3 is 1. The van der Waals surface area contributed by atoms with E-state index in [4.69, 9.17) is 27.9 Å². The predicted molar refractivity (Wildman–Crippen MR) is 115 cm³/mol. The summed E-state index contributed by atoms with van der Waals surface area (Å²) in [4.78, 5) is 13.3. The lowest BCUT2D eigenvalue weighted by Crippen LogP contribution is -2.13. The van der Waals surface area contributed by atoms with E-state index in [1.165, 1.54) is 0 Å². The number of halogens is 2. The Morgan fingerprint density at radius 3 is 2.36 bits per heavy atom. The highest BCUT2D eigenvalue weighted by Gasteiger charge is 2.22.